The Balaban J connectivity index is 1.76. The quantitative estimate of drug-likeness (QED) is 0.398. The molecular weight excluding hydrogens is 520 g/mol. The number of carboxylic acids is 1. The Morgan fingerprint density at radius 3 is 2.81 bits per heavy atom. The predicted molar refractivity (Wildman–Crippen MR) is 140 cm³/mol. The lowest BCUT2D eigenvalue weighted by Crippen LogP contribution is -2.43. The summed E-state index contributed by atoms with van der Waals surface area (Å²) in [6.45, 7) is 4.23. The van der Waals surface area contributed by atoms with Crippen LogP contribution in [0.2, 0.25) is 5.02 Å². The summed E-state index contributed by atoms with van der Waals surface area (Å²) in [6.07, 6.45) is 5.92. The number of pyridine rings is 1. The van der Waals surface area contributed by atoms with Crippen molar-refractivity contribution in [2.24, 2.45) is 0 Å². The zero-order valence-corrected chi connectivity index (χ0v) is 21.9. The van der Waals surface area contributed by atoms with Crippen molar-refractivity contribution in [2.45, 2.75) is 44.2 Å². The number of hydrogen-bond donors (Lipinski definition) is 1. The van der Waals surface area contributed by atoms with Gasteiger partial charge in [-0.15, -0.1) is 5.10 Å². The van der Waals surface area contributed by atoms with Gasteiger partial charge in [-0.25, -0.2) is 8.42 Å². The van der Waals surface area contributed by atoms with Gasteiger partial charge in [-0.05, 0) is 56.2 Å². The number of carboxylic acid groups (broad SMARTS) is 1. The van der Waals surface area contributed by atoms with Crippen molar-refractivity contribution >= 4 is 45.4 Å². The van der Waals surface area contributed by atoms with Crippen LogP contribution in [-0.2, 0) is 21.4 Å². The Morgan fingerprint density at radius 2 is 2.11 bits per heavy atom. The average molecular weight is 547 g/mol. The van der Waals surface area contributed by atoms with Crippen LogP contribution in [0.15, 0.2) is 47.6 Å². The molecule has 37 heavy (non-hydrogen) atoms. The van der Waals surface area contributed by atoms with E-state index < -0.39 is 22.1 Å². The van der Waals surface area contributed by atoms with Gasteiger partial charge in [0.2, 0.25) is 0 Å². The second kappa shape index (κ2) is 11.2. The van der Waals surface area contributed by atoms with Crippen LogP contribution in [-0.4, -0.2) is 53.5 Å². The molecule has 0 spiro atoms. The molecule has 1 atom stereocenters. The minimum Gasteiger partial charge on any atom is -0.486 e. The van der Waals surface area contributed by atoms with E-state index in [1.54, 1.807) is 55.6 Å². The van der Waals surface area contributed by atoms with E-state index in [1.807, 2.05) is 6.92 Å². The number of halogens is 1. The number of rotatable bonds is 10. The van der Waals surface area contributed by atoms with Gasteiger partial charge in [0, 0.05) is 25.4 Å². The van der Waals surface area contributed by atoms with Crippen LogP contribution in [0.3, 0.4) is 0 Å². The summed E-state index contributed by atoms with van der Waals surface area (Å²) in [5.74, 6) is -0.639. The maximum Gasteiger partial charge on any atom is 0.303 e. The van der Waals surface area contributed by atoms with Crippen molar-refractivity contribution in [1.29, 1.82) is 0 Å². The van der Waals surface area contributed by atoms with E-state index in [0.717, 1.165) is 0 Å². The number of benzene rings is 1. The molecule has 4 rings (SSSR count). The summed E-state index contributed by atoms with van der Waals surface area (Å²) in [4.78, 5) is 15.3. The Hall–Kier alpha value is -3.57. The molecule has 1 aromatic carbocycles. The van der Waals surface area contributed by atoms with Gasteiger partial charge < -0.3 is 14.6 Å². The van der Waals surface area contributed by atoms with Gasteiger partial charge in [0.05, 0.1) is 29.6 Å². The highest BCUT2D eigenvalue weighted by Gasteiger charge is 2.37. The number of nitrogens with zero attached hydrogens (tertiary/aromatic N) is 4. The number of aromatic nitrogens is 3. The average Bonchev–Trinajstić information content (AvgIpc) is 3.30. The van der Waals surface area contributed by atoms with Crippen molar-refractivity contribution < 1.29 is 27.8 Å². The third-order valence-corrected chi connectivity index (χ3v) is 7.77. The lowest BCUT2D eigenvalue weighted by molar-refractivity contribution is -0.137. The second-order valence-corrected chi connectivity index (χ2v) is 10.5. The van der Waals surface area contributed by atoms with Crippen molar-refractivity contribution in [1.82, 2.24) is 14.8 Å². The molecule has 10 nitrogen and oxygen atoms in total. The third kappa shape index (κ3) is 5.89. The van der Waals surface area contributed by atoms with Gasteiger partial charge in [-0.2, -0.15) is 0 Å². The normalized spacial score (nSPS) is 15.4. The molecule has 0 amide bonds. The molecule has 1 unspecified atom stereocenters. The zero-order valence-electron chi connectivity index (χ0n) is 20.4. The Bertz CT molecular complexity index is 1420. The van der Waals surface area contributed by atoms with Gasteiger partial charge in [0.1, 0.15) is 11.9 Å². The number of anilines is 1. The highest BCUT2D eigenvalue weighted by atomic mass is 35.5. The Morgan fingerprint density at radius 1 is 1.30 bits per heavy atom. The number of carbonyl (C=O) groups is 1. The second-order valence-electron chi connectivity index (χ2n) is 8.23. The molecular formula is C25H27ClN4O6S. The molecule has 1 aliphatic rings. The van der Waals surface area contributed by atoms with Crippen molar-refractivity contribution in [2.75, 3.05) is 17.5 Å². The predicted octanol–water partition coefficient (Wildman–Crippen LogP) is 4.34. The summed E-state index contributed by atoms with van der Waals surface area (Å²) in [5, 5.41) is 13.9. The van der Waals surface area contributed by atoms with E-state index in [1.165, 1.54) is 15.2 Å². The van der Waals surface area contributed by atoms with Crippen molar-refractivity contribution in [3.63, 3.8) is 0 Å². The number of fused-ring (bicyclic) bond motifs is 1. The first-order chi connectivity index (χ1) is 17.7. The van der Waals surface area contributed by atoms with Crippen LogP contribution in [0.25, 0.3) is 12.2 Å². The molecule has 2 aromatic heterocycles. The van der Waals surface area contributed by atoms with Gasteiger partial charge in [0.25, 0.3) is 15.9 Å². The number of sulfonamides is 1. The maximum absolute atomic E-state index is 14.0. The van der Waals surface area contributed by atoms with Crippen LogP contribution in [0.5, 0.6) is 11.6 Å². The fourth-order valence-electron chi connectivity index (χ4n) is 3.87. The summed E-state index contributed by atoms with van der Waals surface area (Å²) in [5.41, 5.74) is 1.60. The minimum atomic E-state index is -4.14. The number of hydrogen-bond acceptors (Lipinski definition) is 7. The fraction of sp³-hybridized carbons (Fsp3) is 0.320. The number of ether oxygens (including phenoxy) is 2. The van der Waals surface area contributed by atoms with Gasteiger partial charge >= 0.3 is 5.97 Å². The summed E-state index contributed by atoms with van der Waals surface area (Å²) < 4.78 is 42.2. The molecule has 1 N–H and O–H groups in total. The van der Waals surface area contributed by atoms with Crippen LogP contribution in [0.1, 0.15) is 37.9 Å². The van der Waals surface area contributed by atoms with Crippen LogP contribution < -0.4 is 13.8 Å². The van der Waals surface area contributed by atoms with Crippen molar-refractivity contribution in [3.05, 3.63) is 59.0 Å². The summed E-state index contributed by atoms with van der Waals surface area (Å²) in [6, 6.07) is 8.60. The van der Waals surface area contributed by atoms with Gasteiger partial charge in [-0.1, -0.05) is 23.7 Å². The summed E-state index contributed by atoms with van der Waals surface area (Å²) in [7, 11) is -4.14. The Labute approximate surface area is 220 Å². The monoisotopic (exact) mass is 546 g/mol. The number of aliphatic carboxylic acids is 1. The minimum absolute atomic E-state index is 0.0142. The molecule has 0 saturated carbocycles. The van der Waals surface area contributed by atoms with Crippen LogP contribution in [0, 0.1) is 0 Å². The zero-order chi connectivity index (χ0) is 26.6. The molecule has 3 aromatic rings. The smallest absolute Gasteiger partial charge is 0.303 e. The lowest BCUT2D eigenvalue weighted by atomic mass is 10.1. The molecule has 0 aliphatic carbocycles. The first kappa shape index (κ1) is 26.5. The van der Waals surface area contributed by atoms with Gasteiger partial charge in [0.15, 0.2) is 4.90 Å². The third-order valence-electron chi connectivity index (χ3n) is 5.68. The van der Waals surface area contributed by atoms with E-state index in [-0.39, 0.29) is 36.8 Å². The van der Waals surface area contributed by atoms with E-state index >= 15 is 0 Å². The molecule has 0 fully saturated rings. The molecule has 1 aliphatic heterocycles. The van der Waals surface area contributed by atoms with E-state index in [0.29, 0.717) is 34.3 Å². The lowest BCUT2D eigenvalue weighted by Gasteiger charge is -2.35. The van der Waals surface area contributed by atoms with E-state index in [4.69, 9.17) is 26.2 Å². The first-order valence-corrected chi connectivity index (χ1v) is 13.6. The maximum atomic E-state index is 14.0. The van der Waals surface area contributed by atoms with E-state index in [2.05, 4.69) is 10.1 Å². The molecule has 12 heteroatoms. The standard InChI is InChI=1S/C25H27ClN4O6S/c1-3-29-16-23(25(28-29)35-4-2)37(33,34)30-15-18(9-12-24(31)32)36-22-11-8-17(14-21(22)30)7-10-20-19(26)6-5-13-27-20/h5-8,10-11,13-14,16,18H,3-4,9,12,15H2,1-2H3,(H,31,32). The molecule has 0 radical (unpaired) electrons. The molecule has 3 heterocycles. The molecule has 0 bridgehead atoms. The highest BCUT2D eigenvalue weighted by molar-refractivity contribution is 7.93. The first-order valence-electron chi connectivity index (χ1n) is 11.8. The van der Waals surface area contributed by atoms with Gasteiger partial charge in [-0.3, -0.25) is 18.8 Å². The Kier molecular flexibility index (Phi) is 8.03. The highest BCUT2D eigenvalue weighted by Crippen LogP contribution is 2.40. The fourth-order valence-corrected chi connectivity index (χ4v) is 5.63. The van der Waals surface area contributed by atoms with Crippen molar-refractivity contribution in [3.8, 4) is 11.6 Å². The topological polar surface area (TPSA) is 124 Å². The SMILES string of the molecule is CCOc1nn(CC)cc1S(=O)(=O)N1CC(CCC(=O)O)Oc2ccc(C=Cc3ncccc3Cl)cc21. The van der Waals surface area contributed by atoms with Crippen LogP contribution in [0.4, 0.5) is 5.69 Å². The number of aryl methyl sites for hydroxylation is 1. The molecule has 196 valence electrons. The van der Waals surface area contributed by atoms with E-state index in [9.17, 15) is 13.2 Å². The molecule has 0 saturated heterocycles. The summed E-state index contributed by atoms with van der Waals surface area (Å²) >= 11 is 6.20. The van der Waals surface area contributed by atoms with Crippen LogP contribution >= 0.6 is 11.6 Å². The largest absolute Gasteiger partial charge is 0.486 e.